The number of phenols is 1. The second-order valence-corrected chi connectivity index (χ2v) is 9.64. The molecule has 1 fully saturated rings. The minimum atomic E-state index is 0.102. The predicted molar refractivity (Wildman–Crippen MR) is 144 cm³/mol. The molecule has 1 atom stereocenters. The number of hydrogen-bond donors (Lipinski definition) is 3. The van der Waals surface area contributed by atoms with Crippen molar-refractivity contribution in [1.82, 2.24) is 20.2 Å². The fourth-order valence-corrected chi connectivity index (χ4v) is 4.78. The van der Waals surface area contributed by atoms with Gasteiger partial charge in [0.25, 0.3) is 0 Å². The van der Waals surface area contributed by atoms with E-state index in [1.807, 2.05) is 12.1 Å². The molecule has 4 rings (SSSR count). The van der Waals surface area contributed by atoms with E-state index in [0.29, 0.717) is 23.6 Å². The zero-order chi connectivity index (χ0) is 24.5. The van der Waals surface area contributed by atoms with E-state index in [-0.39, 0.29) is 5.75 Å². The molecular weight excluding hydrogens is 458 g/mol. The highest BCUT2D eigenvalue weighted by Crippen LogP contribution is 2.24. The number of piperidine rings is 1. The smallest absolute Gasteiger partial charge is 0.223 e. The Hall–Kier alpha value is -2.67. The Morgan fingerprint density at radius 2 is 2.06 bits per heavy atom. The minimum Gasteiger partial charge on any atom is -0.506 e. The molecule has 1 saturated heterocycles. The Kier molecular flexibility index (Phi) is 9.35. The summed E-state index contributed by atoms with van der Waals surface area (Å²) in [6.45, 7) is 7.19. The van der Waals surface area contributed by atoms with Crippen LogP contribution in [0.5, 0.6) is 5.75 Å². The van der Waals surface area contributed by atoms with Gasteiger partial charge in [-0.3, -0.25) is 4.90 Å². The van der Waals surface area contributed by atoms with Crippen LogP contribution in [-0.2, 0) is 13.0 Å². The first kappa shape index (κ1) is 25.4. The maximum Gasteiger partial charge on any atom is 0.223 e. The number of nitrogens with zero attached hydrogens (tertiary/aromatic N) is 3. The van der Waals surface area contributed by atoms with Crippen LogP contribution in [0.4, 0.5) is 5.95 Å². The lowest BCUT2D eigenvalue weighted by molar-refractivity contribution is 0.249. The topological polar surface area (TPSA) is 73.3 Å². The van der Waals surface area contributed by atoms with E-state index >= 15 is 0 Å². The van der Waals surface area contributed by atoms with E-state index in [9.17, 15) is 5.11 Å². The van der Waals surface area contributed by atoms with Crippen LogP contribution in [0.2, 0.25) is 5.02 Å². The third-order valence-corrected chi connectivity index (χ3v) is 6.95. The molecule has 0 saturated carbocycles. The van der Waals surface area contributed by atoms with E-state index in [1.165, 1.54) is 37.8 Å². The molecule has 3 N–H and O–H groups in total. The maximum atomic E-state index is 9.58. The third-order valence-electron chi connectivity index (χ3n) is 6.65. The number of aromatic nitrogens is 2. The van der Waals surface area contributed by atoms with Crippen LogP contribution in [0.15, 0.2) is 54.7 Å². The van der Waals surface area contributed by atoms with Crippen molar-refractivity contribution in [3.8, 4) is 17.0 Å². The van der Waals surface area contributed by atoms with Crippen molar-refractivity contribution in [2.45, 2.75) is 51.6 Å². The number of nitrogens with one attached hydrogen (secondary N) is 2. The SMILES string of the molecule is CCN(CCC1CCCCN1)Cc1cccc(-c2ccnc(NCCc3ccc(O)c(Cl)c3)n2)c1. The summed E-state index contributed by atoms with van der Waals surface area (Å²) in [6, 6.07) is 16.6. The van der Waals surface area contributed by atoms with E-state index in [4.69, 9.17) is 16.6 Å². The number of rotatable bonds is 11. The Labute approximate surface area is 213 Å². The maximum absolute atomic E-state index is 9.58. The van der Waals surface area contributed by atoms with Gasteiger partial charge in [0.15, 0.2) is 0 Å². The normalized spacial score (nSPS) is 15.9. The zero-order valence-corrected chi connectivity index (χ0v) is 21.3. The molecule has 1 aliphatic rings. The molecule has 186 valence electrons. The summed E-state index contributed by atoms with van der Waals surface area (Å²) in [5, 5.41) is 16.9. The van der Waals surface area contributed by atoms with Crippen molar-refractivity contribution < 1.29 is 5.11 Å². The molecule has 2 heterocycles. The second-order valence-electron chi connectivity index (χ2n) is 9.23. The highest BCUT2D eigenvalue weighted by atomic mass is 35.5. The minimum absolute atomic E-state index is 0.102. The van der Waals surface area contributed by atoms with Crippen LogP contribution in [0.3, 0.4) is 0 Å². The van der Waals surface area contributed by atoms with Crippen molar-refractivity contribution in [3.05, 3.63) is 70.9 Å². The highest BCUT2D eigenvalue weighted by Gasteiger charge is 2.14. The second kappa shape index (κ2) is 12.9. The Morgan fingerprint density at radius 3 is 2.86 bits per heavy atom. The lowest BCUT2D eigenvalue weighted by Gasteiger charge is -2.27. The average molecular weight is 494 g/mol. The van der Waals surface area contributed by atoms with Gasteiger partial charge in [-0.2, -0.15) is 0 Å². The fraction of sp³-hybridized carbons (Fsp3) is 0.429. The van der Waals surface area contributed by atoms with E-state index in [2.05, 4.69) is 51.7 Å². The van der Waals surface area contributed by atoms with Crippen molar-refractivity contribution in [2.24, 2.45) is 0 Å². The fourth-order valence-electron chi connectivity index (χ4n) is 4.57. The molecule has 0 amide bonds. The van der Waals surface area contributed by atoms with Crippen molar-refractivity contribution in [1.29, 1.82) is 0 Å². The number of aromatic hydroxyl groups is 1. The van der Waals surface area contributed by atoms with Crippen molar-refractivity contribution >= 4 is 17.5 Å². The van der Waals surface area contributed by atoms with E-state index < -0.39 is 0 Å². The van der Waals surface area contributed by atoms with Gasteiger partial charge in [-0.1, -0.05) is 49.2 Å². The van der Waals surface area contributed by atoms with Gasteiger partial charge in [0.2, 0.25) is 5.95 Å². The molecule has 0 radical (unpaired) electrons. The van der Waals surface area contributed by atoms with Gasteiger partial charge in [-0.15, -0.1) is 0 Å². The number of phenolic OH excluding ortho intramolecular Hbond substituents is 1. The summed E-state index contributed by atoms with van der Waals surface area (Å²) in [4.78, 5) is 11.6. The number of anilines is 1. The molecule has 0 spiro atoms. The predicted octanol–water partition coefficient (Wildman–Crippen LogP) is 5.51. The molecule has 1 unspecified atom stereocenters. The Bertz CT molecular complexity index is 1090. The molecule has 6 nitrogen and oxygen atoms in total. The van der Waals surface area contributed by atoms with Crippen LogP contribution in [-0.4, -0.2) is 52.2 Å². The van der Waals surface area contributed by atoms with Crippen molar-refractivity contribution in [2.75, 3.05) is 31.5 Å². The van der Waals surface area contributed by atoms with Gasteiger partial charge >= 0.3 is 0 Å². The van der Waals surface area contributed by atoms with Crippen LogP contribution in [0, 0.1) is 0 Å². The monoisotopic (exact) mass is 493 g/mol. The van der Waals surface area contributed by atoms with Gasteiger partial charge in [0.1, 0.15) is 5.75 Å². The Balaban J connectivity index is 1.33. The van der Waals surface area contributed by atoms with Gasteiger partial charge in [-0.25, -0.2) is 9.97 Å². The first-order valence-electron chi connectivity index (χ1n) is 12.7. The lowest BCUT2D eigenvalue weighted by Crippen LogP contribution is -2.37. The third kappa shape index (κ3) is 7.66. The summed E-state index contributed by atoms with van der Waals surface area (Å²) >= 11 is 6.00. The molecule has 0 bridgehead atoms. The van der Waals surface area contributed by atoms with Gasteiger partial charge < -0.3 is 15.7 Å². The highest BCUT2D eigenvalue weighted by molar-refractivity contribution is 6.32. The molecular formula is C28H36ClN5O. The molecule has 1 aliphatic heterocycles. The average Bonchev–Trinajstić information content (AvgIpc) is 2.89. The number of hydrogen-bond acceptors (Lipinski definition) is 6. The van der Waals surface area contributed by atoms with Crippen LogP contribution < -0.4 is 10.6 Å². The standard InChI is InChI=1S/C28H36ClN5O/c1-2-34(17-13-24-8-3-4-14-30-24)20-22-6-5-7-23(18-22)26-12-16-32-28(33-26)31-15-11-21-9-10-27(35)25(29)19-21/h5-7,9-10,12,16,18-19,24,30,35H,2-4,8,11,13-15,17,20H2,1H3,(H,31,32,33). The van der Waals surface area contributed by atoms with E-state index in [0.717, 1.165) is 42.9 Å². The number of benzene rings is 2. The molecule has 1 aromatic heterocycles. The largest absolute Gasteiger partial charge is 0.506 e. The van der Waals surface area contributed by atoms with Gasteiger partial charge in [0.05, 0.1) is 10.7 Å². The molecule has 35 heavy (non-hydrogen) atoms. The van der Waals surface area contributed by atoms with E-state index in [1.54, 1.807) is 18.3 Å². The van der Waals surface area contributed by atoms with Crippen LogP contribution in [0.1, 0.15) is 43.7 Å². The van der Waals surface area contributed by atoms with Crippen molar-refractivity contribution in [3.63, 3.8) is 0 Å². The lowest BCUT2D eigenvalue weighted by atomic mass is 10.0. The Morgan fingerprint density at radius 1 is 1.14 bits per heavy atom. The molecule has 7 heteroatoms. The van der Waals surface area contributed by atoms with Crippen LogP contribution >= 0.6 is 11.6 Å². The first-order valence-corrected chi connectivity index (χ1v) is 13.1. The zero-order valence-electron chi connectivity index (χ0n) is 20.5. The van der Waals surface area contributed by atoms with Gasteiger partial charge in [-0.05, 0) is 80.7 Å². The first-order chi connectivity index (χ1) is 17.1. The molecule has 2 aromatic carbocycles. The van der Waals surface area contributed by atoms with Gasteiger partial charge in [0, 0.05) is 30.9 Å². The quantitative estimate of drug-likeness (QED) is 0.327. The number of halogens is 1. The molecule has 3 aromatic rings. The summed E-state index contributed by atoms with van der Waals surface area (Å²) in [7, 11) is 0. The molecule has 0 aliphatic carbocycles. The summed E-state index contributed by atoms with van der Waals surface area (Å²) < 4.78 is 0. The summed E-state index contributed by atoms with van der Waals surface area (Å²) in [5.74, 6) is 0.706. The summed E-state index contributed by atoms with van der Waals surface area (Å²) in [6.07, 6.45) is 7.74. The van der Waals surface area contributed by atoms with Crippen LogP contribution in [0.25, 0.3) is 11.3 Å². The summed E-state index contributed by atoms with van der Waals surface area (Å²) in [5.41, 5.74) is 4.36.